The van der Waals surface area contributed by atoms with E-state index < -0.39 is 58.4 Å². The first kappa shape index (κ1) is 29.9. The van der Waals surface area contributed by atoms with Gasteiger partial charge in [0.25, 0.3) is 5.91 Å². The molecule has 0 spiro atoms. The van der Waals surface area contributed by atoms with Crippen molar-refractivity contribution in [2.24, 2.45) is 23.5 Å². The number of fused-ring (bicyclic) bond motifs is 3. The number of rotatable bonds is 4. The van der Waals surface area contributed by atoms with Gasteiger partial charge in [0.1, 0.15) is 36.0 Å². The average molecular weight is 637 g/mol. The Kier molecular flexibility index (Phi) is 7.96. The van der Waals surface area contributed by atoms with E-state index in [1.165, 1.54) is 35.6 Å². The van der Waals surface area contributed by atoms with Crippen LogP contribution in [0, 0.1) is 17.8 Å². The number of amides is 1. The van der Waals surface area contributed by atoms with Gasteiger partial charge in [-0.3, -0.25) is 32.4 Å². The molecule has 0 aromatic carbocycles. The van der Waals surface area contributed by atoms with Crippen LogP contribution in [0.1, 0.15) is 34.6 Å². The molecule has 2 aliphatic heterocycles. The van der Waals surface area contributed by atoms with Crippen LogP contribution in [0.2, 0.25) is 0 Å². The van der Waals surface area contributed by atoms with Gasteiger partial charge in [0.05, 0.1) is 32.1 Å². The molecule has 17 nitrogen and oxygen atoms in total. The van der Waals surface area contributed by atoms with Gasteiger partial charge in [0, 0.05) is 6.20 Å². The Morgan fingerprint density at radius 1 is 1.09 bits per heavy atom. The molecule has 9 atom stereocenters. The minimum Gasteiger partial charge on any atom is -0.382 e. The lowest BCUT2D eigenvalue weighted by Crippen LogP contribution is -2.40. The summed E-state index contributed by atoms with van der Waals surface area (Å²) in [5.41, 5.74) is 12.7. The van der Waals surface area contributed by atoms with Gasteiger partial charge in [0.15, 0.2) is 11.5 Å². The first-order chi connectivity index (χ1) is 20.5. The normalized spacial score (nSPS) is 36.7. The van der Waals surface area contributed by atoms with Crippen LogP contribution < -0.4 is 11.5 Å². The molecule has 3 aliphatic rings. The molecule has 6 N–H and O–H groups in total. The molecule has 1 aliphatic carbocycles. The summed E-state index contributed by atoms with van der Waals surface area (Å²) in [6.45, 7) is 2.82. The number of aromatic nitrogens is 5. The van der Waals surface area contributed by atoms with Crippen LogP contribution in [-0.4, -0.2) is 72.2 Å². The van der Waals surface area contributed by atoms with Crippen LogP contribution in [0.3, 0.4) is 0 Å². The summed E-state index contributed by atoms with van der Waals surface area (Å²) in [4.78, 5) is 49.2. The predicted octanol–water partition coefficient (Wildman–Crippen LogP) is 1.67. The molecule has 230 valence electrons. The number of imidazole rings is 1. The minimum absolute atomic E-state index is 0.0633. The fourth-order valence-corrected chi connectivity index (χ4v) is 7.59. The Balaban J connectivity index is 1.26. The molecule has 0 radical (unpaired) electrons. The lowest BCUT2D eigenvalue weighted by molar-refractivity contribution is -0.0448. The highest BCUT2D eigenvalue weighted by Gasteiger charge is 2.51. The highest BCUT2D eigenvalue weighted by Crippen LogP contribution is 2.56. The quantitative estimate of drug-likeness (QED) is 0.235. The fourth-order valence-electron chi connectivity index (χ4n) is 5.79. The molecular weight excluding hydrogens is 608 g/mol. The van der Waals surface area contributed by atoms with E-state index >= 15 is 0 Å². The zero-order valence-electron chi connectivity index (χ0n) is 22.5. The zero-order chi connectivity index (χ0) is 30.5. The fraction of sp³-hybridized carbons (Fsp3) is 0.458. The molecule has 2 unspecified atom stereocenters. The standard InChI is InChI=1S/C24H29N7O10P2/c1-2-14-20-18(40-24(14)31-11-30-19-21(25)28-10-29-23(19)31)9-39-42(33,34)38-8-16-13(7-37-43(35,36)41-20)5-15(16)12-3-4-27-17(6-12)22(26)32/h2-4,6,10-11,13-16,18,20,24H,1,5,7-9H2,(H2,26,32)(H,33,34)(H,35,36)(H2,25,28,29)/t13-,14-,15+,16-,18-,20+,24-/m1/s1. The number of phosphoric acid groups is 2. The maximum Gasteiger partial charge on any atom is 0.472 e. The van der Waals surface area contributed by atoms with Crippen LogP contribution >= 0.6 is 15.6 Å². The van der Waals surface area contributed by atoms with Crippen LogP contribution in [0.4, 0.5) is 5.82 Å². The maximum absolute atomic E-state index is 13.2. The van der Waals surface area contributed by atoms with Crippen LogP contribution in [0.5, 0.6) is 0 Å². The van der Waals surface area contributed by atoms with Crippen molar-refractivity contribution in [1.29, 1.82) is 0 Å². The Hall–Kier alpha value is -3.11. The lowest BCUT2D eigenvalue weighted by atomic mass is 9.63. The first-order valence-corrected chi connectivity index (χ1v) is 16.2. The summed E-state index contributed by atoms with van der Waals surface area (Å²) >= 11 is 0. The van der Waals surface area contributed by atoms with E-state index in [1.807, 2.05) is 0 Å². The monoisotopic (exact) mass is 637 g/mol. The van der Waals surface area contributed by atoms with E-state index in [1.54, 1.807) is 6.07 Å². The molecule has 3 aromatic rings. The molecule has 0 bridgehead atoms. The van der Waals surface area contributed by atoms with Crippen molar-refractivity contribution in [3.8, 4) is 0 Å². The predicted molar refractivity (Wildman–Crippen MR) is 147 cm³/mol. The van der Waals surface area contributed by atoms with Crippen molar-refractivity contribution >= 4 is 38.5 Å². The molecule has 3 fully saturated rings. The number of nitrogens with two attached hydrogens (primary N) is 2. The third-order valence-electron chi connectivity index (χ3n) is 8.01. The van der Waals surface area contributed by atoms with Crippen molar-refractivity contribution in [2.45, 2.75) is 30.8 Å². The Bertz CT molecular complexity index is 1660. The Morgan fingerprint density at radius 2 is 1.86 bits per heavy atom. The Labute approximate surface area is 244 Å². The summed E-state index contributed by atoms with van der Waals surface area (Å²) in [5.74, 6) is -2.39. The van der Waals surface area contributed by atoms with Gasteiger partial charge in [-0.15, -0.1) is 6.58 Å². The van der Waals surface area contributed by atoms with E-state index in [4.69, 9.17) is 34.3 Å². The van der Waals surface area contributed by atoms with Crippen LogP contribution in [0.25, 0.3) is 11.2 Å². The van der Waals surface area contributed by atoms with E-state index in [0.717, 1.165) is 0 Å². The van der Waals surface area contributed by atoms with Gasteiger partial charge in [-0.2, -0.15) is 0 Å². The number of nitrogen functional groups attached to an aromatic ring is 1. The van der Waals surface area contributed by atoms with Crippen molar-refractivity contribution in [2.75, 3.05) is 25.6 Å². The molecule has 1 amide bonds. The maximum atomic E-state index is 13.2. The summed E-state index contributed by atoms with van der Waals surface area (Å²) in [5, 5.41) is 0. The third-order valence-corrected chi connectivity index (χ3v) is 9.94. The molecule has 5 heterocycles. The van der Waals surface area contributed by atoms with Gasteiger partial charge in [-0.1, -0.05) is 6.08 Å². The van der Waals surface area contributed by atoms with Crippen LogP contribution in [0.15, 0.2) is 43.6 Å². The summed E-state index contributed by atoms with van der Waals surface area (Å²) in [6, 6.07) is 3.23. The molecule has 3 aromatic heterocycles. The summed E-state index contributed by atoms with van der Waals surface area (Å²) in [7, 11) is -9.34. The number of carbonyl (C=O) groups is 1. The molecule has 6 rings (SSSR count). The van der Waals surface area contributed by atoms with Gasteiger partial charge in [-0.05, 0) is 41.9 Å². The molecule has 43 heavy (non-hydrogen) atoms. The molecule has 19 heteroatoms. The number of anilines is 1. The SMILES string of the molecule is C=C[C@@H]1[C@@H]2OP(=O)(O)OC[C@H]3C[C@@H](c4ccnc(C(N)=O)c4)[C@@H]3COP(=O)(O)OC[C@H]2O[C@H]1n1cnc2c(N)ncnc21. The highest BCUT2D eigenvalue weighted by molar-refractivity contribution is 7.47. The average Bonchev–Trinajstić information content (AvgIpc) is 3.52. The number of primary amides is 1. The second kappa shape index (κ2) is 11.4. The number of carbonyl (C=O) groups excluding carboxylic acids is 1. The molecular formula is C24H29N7O10P2. The third kappa shape index (κ3) is 5.88. The minimum atomic E-state index is -4.70. The van der Waals surface area contributed by atoms with E-state index in [0.29, 0.717) is 23.1 Å². The lowest BCUT2D eigenvalue weighted by Gasteiger charge is -2.45. The second-order valence-electron chi connectivity index (χ2n) is 10.5. The smallest absolute Gasteiger partial charge is 0.382 e. The van der Waals surface area contributed by atoms with Crippen molar-refractivity contribution < 1.29 is 46.5 Å². The van der Waals surface area contributed by atoms with Gasteiger partial charge >= 0.3 is 15.6 Å². The Morgan fingerprint density at radius 3 is 2.63 bits per heavy atom. The van der Waals surface area contributed by atoms with Gasteiger partial charge in [-0.25, -0.2) is 24.1 Å². The van der Waals surface area contributed by atoms with E-state index in [9.17, 15) is 23.7 Å². The highest BCUT2D eigenvalue weighted by atomic mass is 31.2. The van der Waals surface area contributed by atoms with Crippen molar-refractivity contribution in [3.05, 3.63) is 54.9 Å². The number of phosphoric ester groups is 2. The molecule has 2 saturated heterocycles. The zero-order valence-corrected chi connectivity index (χ0v) is 24.3. The van der Waals surface area contributed by atoms with E-state index in [-0.39, 0.29) is 36.6 Å². The largest absolute Gasteiger partial charge is 0.472 e. The number of nitrogens with zero attached hydrogens (tertiary/aromatic N) is 5. The van der Waals surface area contributed by atoms with Crippen molar-refractivity contribution in [1.82, 2.24) is 24.5 Å². The molecule has 1 saturated carbocycles. The second-order valence-corrected chi connectivity index (χ2v) is 13.3. The number of pyridine rings is 1. The van der Waals surface area contributed by atoms with Gasteiger partial charge in [0.2, 0.25) is 0 Å². The van der Waals surface area contributed by atoms with Gasteiger partial charge < -0.3 is 26.0 Å². The van der Waals surface area contributed by atoms with E-state index in [2.05, 4.69) is 26.5 Å². The number of hydrogen-bond donors (Lipinski definition) is 4. The number of hydrogen-bond acceptors (Lipinski definition) is 13. The summed E-state index contributed by atoms with van der Waals surface area (Å²) in [6.07, 6.45) is 2.73. The first-order valence-electron chi connectivity index (χ1n) is 13.2. The van der Waals surface area contributed by atoms with Crippen LogP contribution in [-0.2, 0) is 32.0 Å². The topological polar surface area (TPSA) is 246 Å². The van der Waals surface area contributed by atoms with Crippen molar-refractivity contribution in [3.63, 3.8) is 0 Å². The summed E-state index contributed by atoms with van der Waals surface area (Å²) < 4.78 is 55.5. The number of ether oxygens (including phenoxy) is 1.